The number of Topliss-reactive ketones (excluding diaryl/α,β-unsaturated/α-hetero) is 1. The topological polar surface area (TPSA) is 129 Å². The summed E-state index contributed by atoms with van der Waals surface area (Å²) in [5.74, 6) is 1.65. The van der Waals surface area contributed by atoms with Gasteiger partial charge < -0.3 is 35.9 Å². The fourth-order valence-electron chi connectivity index (χ4n) is 4.27. The number of ketones is 1. The molecule has 0 atom stereocenters. The van der Waals surface area contributed by atoms with Gasteiger partial charge >= 0.3 is 6.03 Å². The molecule has 0 radical (unpaired) electrons. The molecule has 2 amide bonds. The van der Waals surface area contributed by atoms with Gasteiger partial charge in [-0.1, -0.05) is 11.6 Å². The van der Waals surface area contributed by atoms with Crippen molar-refractivity contribution in [1.82, 2.24) is 10.2 Å². The van der Waals surface area contributed by atoms with Crippen molar-refractivity contribution < 1.29 is 23.8 Å². The van der Waals surface area contributed by atoms with Crippen molar-refractivity contribution in [2.75, 3.05) is 39.6 Å². The maximum absolute atomic E-state index is 13.1. The number of unbranched alkanes of at least 4 members (excludes halogenated alkanes) is 1. The third-order valence-electron chi connectivity index (χ3n) is 6.27. The summed E-state index contributed by atoms with van der Waals surface area (Å²) in [6, 6.07) is 8.31. The number of methoxy groups -OCH3 is 2. The zero-order valence-corrected chi connectivity index (χ0v) is 21.6. The van der Waals surface area contributed by atoms with Gasteiger partial charge in [-0.05, 0) is 56.0 Å². The van der Waals surface area contributed by atoms with E-state index in [1.165, 1.54) is 0 Å². The lowest BCUT2D eigenvalue weighted by Crippen LogP contribution is -2.46. The van der Waals surface area contributed by atoms with Crippen molar-refractivity contribution in [3.05, 3.63) is 46.5 Å². The van der Waals surface area contributed by atoms with Crippen LogP contribution in [-0.2, 0) is 6.61 Å². The van der Waals surface area contributed by atoms with E-state index in [9.17, 15) is 9.59 Å². The van der Waals surface area contributed by atoms with Crippen molar-refractivity contribution in [2.24, 2.45) is 5.73 Å². The van der Waals surface area contributed by atoms with Gasteiger partial charge in [-0.3, -0.25) is 4.79 Å². The first-order valence-electron chi connectivity index (χ1n) is 12.0. The number of amides is 2. The number of carbonyl (C=O) groups excluding carboxylic acids is 2. The molecular formula is C26H35ClN4O5. The molecule has 0 unspecified atom stereocenters. The number of halogens is 1. The summed E-state index contributed by atoms with van der Waals surface area (Å²) in [6.45, 7) is 2.91. The maximum atomic E-state index is 13.1. The molecule has 3 rings (SSSR count). The number of likely N-dealkylation sites (tertiary alicyclic amines) is 1. The molecule has 0 bridgehead atoms. The molecular weight excluding hydrogens is 484 g/mol. The van der Waals surface area contributed by atoms with Crippen molar-refractivity contribution >= 4 is 29.1 Å². The van der Waals surface area contributed by atoms with Gasteiger partial charge in [0.1, 0.15) is 23.9 Å². The molecule has 2 aromatic rings. The van der Waals surface area contributed by atoms with Crippen LogP contribution in [0.4, 0.5) is 10.5 Å². The minimum Gasteiger partial charge on any atom is -0.497 e. The number of urea groups is 1. The van der Waals surface area contributed by atoms with Crippen LogP contribution in [0.1, 0.15) is 48.0 Å². The second-order valence-corrected chi connectivity index (χ2v) is 9.29. The SMILES string of the molecule is COc1cc(COc2cc(N)c(Cl)cc2C(=O)CCCCN2CCC(NC(N)=O)CC2)cc(OC)c1. The number of nitrogens with two attached hydrogens (primary N) is 2. The Hall–Kier alpha value is -3.17. The standard InChI is InChI=1S/C26H35ClN4O5/c1-34-19-11-17(12-20(13-19)35-2)16-36-25-15-23(28)22(27)14-21(25)24(32)5-3-4-8-31-9-6-18(7-10-31)30-26(29)33/h11-15,18H,3-10,16,28H2,1-2H3,(H3,29,30,33). The van der Waals surface area contributed by atoms with E-state index in [1.807, 2.05) is 12.1 Å². The van der Waals surface area contributed by atoms with Crippen LogP contribution in [0.15, 0.2) is 30.3 Å². The third kappa shape index (κ3) is 7.93. The molecule has 1 heterocycles. The van der Waals surface area contributed by atoms with Gasteiger partial charge in [0.25, 0.3) is 0 Å². The first-order valence-corrected chi connectivity index (χ1v) is 12.4. The molecule has 1 aliphatic rings. The number of carbonyl (C=O) groups is 2. The number of hydrogen-bond acceptors (Lipinski definition) is 7. The van der Waals surface area contributed by atoms with Gasteiger partial charge in [-0.2, -0.15) is 0 Å². The van der Waals surface area contributed by atoms with E-state index < -0.39 is 6.03 Å². The highest BCUT2D eigenvalue weighted by molar-refractivity contribution is 6.33. The number of ether oxygens (including phenoxy) is 3. The van der Waals surface area contributed by atoms with Gasteiger partial charge in [-0.15, -0.1) is 0 Å². The van der Waals surface area contributed by atoms with Crippen LogP contribution in [-0.4, -0.2) is 56.6 Å². The Morgan fingerprint density at radius 3 is 2.33 bits per heavy atom. The first-order chi connectivity index (χ1) is 17.3. The van der Waals surface area contributed by atoms with Crippen LogP contribution in [0.2, 0.25) is 5.02 Å². The van der Waals surface area contributed by atoms with E-state index >= 15 is 0 Å². The molecule has 1 saturated heterocycles. The molecule has 0 saturated carbocycles. The first kappa shape index (κ1) is 27.4. The van der Waals surface area contributed by atoms with Gasteiger partial charge in [0.15, 0.2) is 5.78 Å². The highest BCUT2D eigenvalue weighted by atomic mass is 35.5. The number of nitrogens with one attached hydrogen (secondary N) is 1. The highest BCUT2D eigenvalue weighted by Gasteiger charge is 2.20. The lowest BCUT2D eigenvalue weighted by atomic mass is 10.0. The molecule has 36 heavy (non-hydrogen) atoms. The number of hydrogen-bond donors (Lipinski definition) is 3. The minimum atomic E-state index is -0.471. The second-order valence-electron chi connectivity index (χ2n) is 8.88. The molecule has 1 fully saturated rings. The number of rotatable bonds is 12. The Balaban J connectivity index is 1.54. The molecule has 10 heteroatoms. The summed E-state index contributed by atoms with van der Waals surface area (Å²) in [4.78, 5) is 26.4. The van der Waals surface area contributed by atoms with Crippen molar-refractivity contribution in [1.29, 1.82) is 0 Å². The van der Waals surface area contributed by atoms with Crippen LogP contribution in [0.25, 0.3) is 0 Å². The lowest BCUT2D eigenvalue weighted by Gasteiger charge is -2.31. The fourth-order valence-corrected chi connectivity index (χ4v) is 4.44. The quantitative estimate of drug-likeness (QED) is 0.220. The molecule has 196 valence electrons. The number of nitrogen functional groups attached to an aromatic ring is 1. The summed E-state index contributed by atoms with van der Waals surface area (Å²) >= 11 is 6.23. The van der Waals surface area contributed by atoms with E-state index in [1.54, 1.807) is 32.4 Å². The highest BCUT2D eigenvalue weighted by Crippen LogP contribution is 2.32. The molecule has 9 nitrogen and oxygen atoms in total. The average Bonchev–Trinajstić information content (AvgIpc) is 2.87. The largest absolute Gasteiger partial charge is 0.497 e. The van der Waals surface area contributed by atoms with Crippen LogP contribution >= 0.6 is 11.6 Å². The van der Waals surface area contributed by atoms with Crippen molar-refractivity contribution in [3.63, 3.8) is 0 Å². The number of benzene rings is 2. The van der Waals surface area contributed by atoms with Crippen LogP contribution in [0, 0.1) is 0 Å². The van der Waals surface area contributed by atoms with Gasteiger partial charge in [0.2, 0.25) is 0 Å². The van der Waals surface area contributed by atoms with E-state index in [2.05, 4.69) is 10.2 Å². The Morgan fingerprint density at radius 2 is 1.72 bits per heavy atom. The predicted octanol–water partition coefficient (Wildman–Crippen LogP) is 4.00. The maximum Gasteiger partial charge on any atom is 0.312 e. The molecule has 2 aromatic carbocycles. The van der Waals surface area contributed by atoms with Crippen LogP contribution < -0.4 is 31.0 Å². The molecule has 0 spiro atoms. The normalized spacial score (nSPS) is 14.3. The molecule has 1 aliphatic heterocycles. The van der Waals surface area contributed by atoms with Gasteiger partial charge in [-0.25, -0.2) is 4.79 Å². The van der Waals surface area contributed by atoms with Crippen molar-refractivity contribution in [2.45, 2.75) is 44.8 Å². The fraction of sp³-hybridized carbons (Fsp3) is 0.462. The predicted molar refractivity (Wildman–Crippen MR) is 140 cm³/mol. The summed E-state index contributed by atoms with van der Waals surface area (Å²) in [5, 5.41) is 3.09. The van der Waals surface area contributed by atoms with E-state index in [4.69, 9.17) is 37.3 Å². The van der Waals surface area contributed by atoms with Gasteiger partial charge in [0, 0.05) is 37.7 Å². The Labute approximate surface area is 217 Å². The summed E-state index contributed by atoms with van der Waals surface area (Å²) in [5.41, 5.74) is 12.8. The second kappa shape index (κ2) is 13.2. The zero-order valence-electron chi connectivity index (χ0n) is 20.8. The third-order valence-corrected chi connectivity index (χ3v) is 6.59. The molecule has 0 aromatic heterocycles. The monoisotopic (exact) mass is 518 g/mol. The van der Waals surface area contributed by atoms with E-state index in [0.717, 1.165) is 50.9 Å². The van der Waals surface area contributed by atoms with Crippen molar-refractivity contribution in [3.8, 4) is 17.2 Å². The summed E-state index contributed by atoms with van der Waals surface area (Å²) in [6.07, 6.45) is 3.77. The lowest BCUT2D eigenvalue weighted by molar-refractivity contribution is 0.0972. The Kier molecular flexibility index (Phi) is 10.1. The number of primary amides is 1. The summed E-state index contributed by atoms with van der Waals surface area (Å²) in [7, 11) is 3.17. The van der Waals surface area contributed by atoms with Crippen LogP contribution in [0.3, 0.4) is 0 Å². The minimum absolute atomic E-state index is 0.0421. The smallest absolute Gasteiger partial charge is 0.312 e. The summed E-state index contributed by atoms with van der Waals surface area (Å²) < 4.78 is 16.6. The molecule has 0 aliphatic carbocycles. The Bertz CT molecular complexity index is 1030. The number of anilines is 1. The van der Waals surface area contributed by atoms with E-state index in [-0.39, 0.29) is 18.4 Å². The van der Waals surface area contributed by atoms with Crippen LogP contribution in [0.5, 0.6) is 17.2 Å². The zero-order chi connectivity index (χ0) is 26.1. The van der Waals surface area contributed by atoms with E-state index in [0.29, 0.717) is 39.9 Å². The number of piperidine rings is 1. The Morgan fingerprint density at radius 1 is 1.06 bits per heavy atom. The molecule has 5 N–H and O–H groups in total. The van der Waals surface area contributed by atoms with Gasteiger partial charge in [0.05, 0.1) is 30.5 Å². The average molecular weight is 519 g/mol. The number of nitrogens with zero attached hydrogens (tertiary/aromatic N) is 1.